The van der Waals surface area contributed by atoms with Gasteiger partial charge in [0.05, 0.1) is 0 Å². The van der Waals surface area contributed by atoms with Gasteiger partial charge in [-0.25, -0.2) is 0 Å². The summed E-state index contributed by atoms with van der Waals surface area (Å²) in [6.07, 6.45) is 0.285. The van der Waals surface area contributed by atoms with Crippen molar-refractivity contribution in [2.24, 2.45) is 10.9 Å². The summed E-state index contributed by atoms with van der Waals surface area (Å²) < 4.78 is 5.28. The summed E-state index contributed by atoms with van der Waals surface area (Å²) in [7, 11) is 0. The van der Waals surface area contributed by atoms with Gasteiger partial charge in [0.1, 0.15) is 11.6 Å². The largest absolute Gasteiger partial charge is 0.484 e. The molecule has 4 N–H and O–H groups in total. The third-order valence-electron chi connectivity index (χ3n) is 2.16. The lowest BCUT2D eigenvalue weighted by atomic mass is 10.2. The van der Waals surface area contributed by atoms with Crippen LogP contribution in [0.4, 0.5) is 0 Å². The molecule has 1 amide bonds. The minimum atomic E-state index is -0.253. The second kappa shape index (κ2) is 7.16. The predicted molar refractivity (Wildman–Crippen MR) is 67.6 cm³/mol. The molecule has 1 aromatic carbocycles. The molecule has 0 radical (unpaired) electrons. The number of nitrogens with two attached hydrogens (primary N) is 1. The van der Waals surface area contributed by atoms with E-state index >= 15 is 0 Å². The second-order valence-corrected chi connectivity index (χ2v) is 3.87. The quantitative estimate of drug-likeness (QED) is 0.300. The highest BCUT2D eigenvalue weighted by Crippen LogP contribution is 2.07. The minimum absolute atomic E-state index is 0.0650. The monoisotopic (exact) mass is 251 g/mol. The Morgan fingerprint density at radius 2 is 2.17 bits per heavy atom. The molecule has 1 rings (SSSR count). The maximum atomic E-state index is 11.5. The number of carbonyl (C=O) groups excluding carboxylic acids is 1. The number of oxime groups is 1. The van der Waals surface area contributed by atoms with Gasteiger partial charge in [-0.15, -0.1) is 0 Å². The molecule has 0 aliphatic heterocycles. The Bertz CT molecular complexity index is 406. The molecule has 6 nitrogen and oxygen atoms in total. The number of hydrogen-bond donors (Lipinski definition) is 3. The van der Waals surface area contributed by atoms with E-state index in [-0.39, 0.29) is 30.8 Å². The van der Waals surface area contributed by atoms with Crippen LogP contribution in [0.2, 0.25) is 0 Å². The van der Waals surface area contributed by atoms with Crippen molar-refractivity contribution in [3.63, 3.8) is 0 Å². The fourth-order valence-corrected chi connectivity index (χ4v) is 1.39. The third-order valence-corrected chi connectivity index (χ3v) is 2.16. The van der Waals surface area contributed by atoms with Gasteiger partial charge in [0.2, 0.25) is 0 Å². The molecule has 0 aromatic heterocycles. The van der Waals surface area contributed by atoms with Gasteiger partial charge in [-0.3, -0.25) is 4.79 Å². The van der Waals surface area contributed by atoms with E-state index in [1.807, 2.05) is 18.2 Å². The zero-order valence-electron chi connectivity index (χ0n) is 10.2. The molecular weight excluding hydrogens is 234 g/mol. The molecule has 1 aromatic rings. The van der Waals surface area contributed by atoms with Crippen LogP contribution in [0, 0.1) is 0 Å². The first-order chi connectivity index (χ1) is 8.61. The molecule has 0 heterocycles. The van der Waals surface area contributed by atoms with Gasteiger partial charge in [0.15, 0.2) is 6.61 Å². The lowest BCUT2D eigenvalue weighted by Gasteiger charge is -2.13. The number of nitrogens with zero attached hydrogens (tertiary/aromatic N) is 1. The summed E-state index contributed by atoms with van der Waals surface area (Å²) in [5.74, 6) is 0.459. The SMILES string of the molecule is CC(CC(N)=NO)NC(=O)COc1ccccc1. The smallest absolute Gasteiger partial charge is 0.258 e. The minimum Gasteiger partial charge on any atom is -0.484 e. The Labute approximate surface area is 105 Å². The number of rotatable bonds is 6. The van der Waals surface area contributed by atoms with Crippen LogP contribution in [0.25, 0.3) is 0 Å². The van der Waals surface area contributed by atoms with Crippen molar-refractivity contribution >= 4 is 11.7 Å². The van der Waals surface area contributed by atoms with Crippen molar-refractivity contribution in [1.82, 2.24) is 5.32 Å². The van der Waals surface area contributed by atoms with E-state index in [2.05, 4.69) is 10.5 Å². The average molecular weight is 251 g/mol. The van der Waals surface area contributed by atoms with Crippen LogP contribution in [0.3, 0.4) is 0 Å². The fourth-order valence-electron chi connectivity index (χ4n) is 1.39. The van der Waals surface area contributed by atoms with Gasteiger partial charge >= 0.3 is 0 Å². The summed E-state index contributed by atoms with van der Waals surface area (Å²) in [4.78, 5) is 11.5. The first-order valence-corrected chi connectivity index (χ1v) is 5.55. The number of hydrogen-bond acceptors (Lipinski definition) is 4. The molecular formula is C12H17N3O3. The molecule has 18 heavy (non-hydrogen) atoms. The van der Waals surface area contributed by atoms with Crippen LogP contribution in [-0.4, -0.2) is 29.6 Å². The van der Waals surface area contributed by atoms with Crippen molar-refractivity contribution in [3.05, 3.63) is 30.3 Å². The molecule has 0 fully saturated rings. The molecule has 0 bridgehead atoms. The summed E-state index contributed by atoms with van der Waals surface area (Å²) >= 11 is 0. The number of amidine groups is 1. The molecule has 1 atom stereocenters. The molecule has 6 heteroatoms. The van der Waals surface area contributed by atoms with Gasteiger partial charge in [0.25, 0.3) is 5.91 Å². The third kappa shape index (κ3) is 5.20. The molecule has 98 valence electrons. The van der Waals surface area contributed by atoms with Crippen LogP contribution in [0.5, 0.6) is 5.75 Å². The van der Waals surface area contributed by atoms with Crippen LogP contribution in [-0.2, 0) is 4.79 Å². The zero-order chi connectivity index (χ0) is 13.4. The summed E-state index contributed by atoms with van der Waals surface area (Å²) in [6, 6.07) is 8.85. The van der Waals surface area contributed by atoms with Crippen molar-refractivity contribution in [2.45, 2.75) is 19.4 Å². The summed E-state index contributed by atoms with van der Waals surface area (Å²) in [5.41, 5.74) is 5.33. The number of nitrogens with one attached hydrogen (secondary N) is 1. The van der Waals surface area contributed by atoms with E-state index in [1.165, 1.54) is 0 Å². The lowest BCUT2D eigenvalue weighted by Crippen LogP contribution is -2.38. The number of para-hydroxylation sites is 1. The molecule has 0 spiro atoms. The number of carbonyl (C=O) groups is 1. The first-order valence-electron chi connectivity index (χ1n) is 5.55. The Morgan fingerprint density at radius 3 is 2.78 bits per heavy atom. The second-order valence-electron chi connectivity index (χ2n) is 3.87. The van der Waals surface area contributed by atoms with E-state index in [0.717, 1.165) is 0 Å². The van der Waals surface area contributed by atoms with Crippen molar-refractivity contribution < 1.29 is 14.7 Å². The topological polar surface area (TPSA) is 96.9 Å². The van der Waals surface area contributed by atoms with E-state index in [4.69, 9.17) is 15.7 Å². The van der Waals surface area contributed by atoms with Crippen molar-refractivity contribution in [1.29, 1.82) is 0 Å². The first kappa shape index (κ1) is 13.8. The van der Waals surface area contributed by atoms with Crippen LogP contribution in [0.15, 0.2) is 35.5 Å². The number of amides is 1. The van der Waals surface area contributed by atoms with E-state index in [9.17, 15) is 4.79 Å². The van der Waals surface area contributed by atoms with Gasteiger partial charge in [-0.05, 0) is 19.1 Å². The fraction of sp³-hybridized carbons (Fsp3) is 0.333. The van der Waals surface area contributed by atoms with Gasteiger partial charge < -0.3 is 21.0 Å². The Morgan fingerprint density at radius 1 is 1.50 bits per heavy atom. The highest BCUT2D eigenvalue weighted by Gasteiger charge is 2.09. The summed E-state index contributed by atoms with van der Waals surface area (Å²) in [5, 5.41) is 13.9. The van der Waals surface area contributed by atoms with E-state index in [0.29, 0.717) is 5.75 Å². The highest BCUT2D eigenvalue weighted by molar-refractivity contribution is 5.82. The Kier molecular flexibility index (Phi) is 5.50. The van der Waals surface area contributed by atoms with Gasteiger partial charge in [-0.2, -0.15) is 0 Å². The average Bonchev–Trinajstić information content (AvgIpc) is 2.37. The molecule has 1 unspecified atom stereocenters. The number of ether oxygens (including phenoxy) is 1. The van der Waals surface area contributed by atoms with Crippen LogP contribution >= 0.6 is 0 Å². The standard InChI is InChI=1S/C12H17N3O3/c1-9(7-11(13)15-17)14-12(16)8-18-10-5-3-2-4-6-10/h2-6,9,17H,7-8H2,1H3,(H2,13,15)(H,14,16). The Balaban J connectivity index is 2.29. The van der Waals surface area contributed by atoms with Crippen molar-refractivity contribution in [3.8, 4) is 5.75 Å². The molecule has 0 saturated carbocycles. The predicted octanol–water partition coefficient (Wildman–Crippen LogP) is 0.707. The molecule has 0 aliphatic carbocycles. The van der Waals surface area contributed by atoms with Crippen LogP contribution < -0.4 is 15.8 Å². The van der Waals surface area contributed by atoms with Gasteiger partial charge in [-0.1, -0.05) is 23.4 Å². The maximum Gasteiger partial charge on any atom is 0.258 e. The summed E-state index contributed by atoms with van der Waals surface area (Å²) in [6.45, 7) is 1.70. The lowest BCUT2D eigenvalue weighted by molar-refractivity contribution is -0.123. The maximum absolute atomic E-state index is 11.5. The van der Waals surface area contributed by atoms with Gasteiger partial charge in [0, 0.05) is 12.5 Å². The molecule has 0 aliphatic rings. The van der Waals surface area contributed by atoms with Crippen LogP contribution in [0.1, 0.15) is 13.3 Å². The Hall–Kier alpha value is -2.24. The van der Waals surface area contributed by atoms with E-state index in [1.54, 1.807) is 19.1 Å². The molecule has 0 saturated heterocycles. The zero-order valence-corrected chi connectivity index (χ0v) is 10.2. The van der Waals surface area contributed by atoms with Crippen molar-refractivity contribution in [2.75, 3.05) is 6.61 Å². The highest BCUT2D eigenvalue weighted by atomic mass is 16.5. The normalized spacial score (nSPS) is 12.8. The number of benzene rings is 1. The van der Waals surface area contributed by atoms with E-state index < -0.39 is 0 Å².